The SMILES string of the molecule is CCNC(=O)Nc1ccc2c(c1)CN(Cc1ccc(OC)cc1)C(=O)[C@H](CC)O2. The Labute approximate surface area is 171 Å². The summed E-state index contributed by atoms with van der Waals surface area (Å²) in [5, 5.41) is 5.51. The molecule has 0 fully saturated rings. The van der Waals surface area contributed by atoms with Crippen LogP contribution in [0, 0.1) is 0 Å². The van der Waals surface area contributed by atoms with Gasteiger partial charge in [-0.3, -0.25) is 4.79 Å². The van der Waals surface area contributed by atoms with Crippen LogP contribution in [0.5, 0.6) is 11.5 Å². The molecule has 2 aromatic carbocycles. The number of nitrogens with zero attached hydrogens (tertiary/aromatic N) is 1. The van der Waals surface area contributed by atoms with Gasteiger partial charge in [-0.15, -0.1) is 0 Å². The molecular weight excluding hydrogens is 370 g/mol. The number of hydrogen-bond donors (Lipinski definition) is 2. The third-order valence-electron chi connectivity index (χ3n) is 4.78. The number of carbonyl (C=O) groups is 2. The summed E-state index contributed by atoms with van der Waals surface area (Å²) in [5.74, 6) is 1.40. The summed E-state index contributed by atoms with van der Waals surface area (Å²) in [7, 11) is 1.62. The molecule has 0 unspecified atom stereocenters. The highest BCUT2D eigenvalue weighted by molar-refractivity contribution is 5.89. The van der Waals surface area contributed by atoms with E-state index in [0.717, 1.165) is 16.9 Å². The maximum absolute atomic E-state index is 13.0. The monoisotopic (exact) mass is 397 g/mol. The van der Waals surface area contributed by atoms with Gasteiger partial charge in [-0.1, -0.05) is 19.1 Å². The molecule has 1 aliphatic heterocycles. The van der Waals surface area contributed by atoms with Gasteiger partial charge in [-0.25, -0.2) is 4.79 Å². The highest BCUT2D eigenvalue weighted by atomic mass is 16.5. The number of anilines is 1. The van der Waals surface area contributed by atoms with E-state index in [-0.39, 0.29) is 11.9 Å². The van der Waals surface area contributed by atoms with Crippen LogP contribution in [0.25, 0.3) is 0 Å². The van der Waals surface area contributed by atoms with E-state index in [1.54, 1.807) is 18.1 Å². The van der Waals surface area contributed by atoms with Gasteiger partial charge in [0.1, 0.15) is 11.5 Å². The van der Waals surface area contributed by atoms with Gasteiger partial charge in [0, 0.05) is 30.9 Å². The average molecular weight is 397 g/mol. The molecule has 0 aliphatic carbocycles. The van der Waals surface area contributed by atoms with Crippen LogP contribution in [0.4, 0.5) is 10.5 Å². The number of benzene rings is 2. The second-order valence-corrected chi connectivity index (χ2v) is 6.86. The van der Waals surface area contributed by atoms with Crippen molar-refractivity contribution in [1.29, 1.82) is 0 Å². The Balaban J connectivity index is 1.84. The van der Waals surface area contributed by atoms with Crippen molar-refractivity contribution < 1.29 is 19.1 Å². The van der Waals surface area contributed by atoms with Gasteiger partial charge >= 0.3 is 6.03 Å². The number of hydrogen-bond acceptors (Lipinski definition) is 4. The molecule has 0 saturated heterocycles. The first-order valence-corrected chi connectivity index (χ1v) is 9.80. The fraction of sp³-hybridized carbons (Fsp3) is 0.364. The Kier molecular flexibility index (Phi) is 6.59. The lowest BCUT2D eigenvalue weighted by Crippen LogP contribution is -2.38. The zero-order valence-electron chi connectivity index (χ0n) is 17.0. The van der Waals surface area contributed by atoms with E-state index in [1.165, 1.54) is 0 Å². The van der Waals surface area contributed by atoms with Gasteiger partial charge in [0.05, 0.1) is 7.11 Å². The Bertz CT molecular complexity index is 867. The maximum Gasteiger partial charge on any atom is 0.319 e. The number of ether oxygens (including phenoxy) is 2. The lowest BCUT2D eigenvalue weighted by Gasteiger charge is -2.23. The zero-order valence-corrected chi connectivity index (χ0v) is 17.0. The molecule has 154 valence electrons. The van der Waals surface area contributed by atoms with Crippen molar-refractivity contribution in [2.45, 2.75) is 39.5 Å². The predicted molar refractivity (Wildman–Crippen MR) is 111 cm³/mol. The molecule has 2 aromatic rings. The Morgan fingerprint density at radius 3 is 2.62 bits per heavy atom. The fourth-order valence-electron chi connectivity index (χ4n) is 3.27. The number of fused-ring (bicyclic) bond motifs is 1. The first-order chi connectivity index (χ1) is 14.0. The van der Waals surface area contributed by atoms with Crippen molar-refractivity contribution in [1.82, 2.24) is 10.2 Å². The minimum Gasteiger partial charge on any atom is -0.497 e. The van der Waals surface area contributed by atoms with Crippen molar-refractivity contribution in [3.63, 3.8) is 0 Å². The molecule has 0 radical (unpaired) electrons. The van der Waals surface area contributed by atoms with Crippen LogP contribution in [-0.2, 0) is 17.9 Å². The molecule has 1 heterocycles. The number of carbonyl (C=O) groups excluding carboxylic acids is 2. The second-order valence-electron chi connectivity index (χ2n) is 6.86. The van der Waals surface area contributed by atoms with Gasteiger partial charge in [0.15, 0.2) is 6.10 Å². The van der Waals surface area contributed by atoms with Crippen molar-refractivity contribution in [2.75, 3.05) is 19.0 Å². The third kappa shape index (κ3) is 4.99. The topological polar surface area (TPSA) is 79.9 Å². The second kappa shape index (κ2) is 9.32. The van der Waals surface area contributed by atoms with Crippen LogP contribution in [0.1, 0.15) is 31.4 Å². The van der Waals surface area contributed by atoms with E-state index in [2.05, 4.69) is 10.6 Å². The molecule has 7 heteroatoms. The van der Waals surface area contributed by atoms with E-state index in [1.807, 2.05) is 50.2 Å². The summed E-state index contributed by atoms with van der Waals surface area (Å²) >= 11 is 0. The molecule has 1 aliphatic rings. The Hall–Kier alpha value is -3.22. The van der Waals surface area contributed by atoms with Gasteiger partial charge < -0.3 is 25.0 Å². The Morgan fingerprint density at radius 1 is 1.21 bits per heavy atom. The zero-order chi connectivity index (χ0) is 20.8. The van der Waals surface area contributed by atoms with Gasteiger partial charge in [-0.05, 0) is 49.2 Å². The summed E-state index contributed by atoms with van der Waals surface area (Å²) in [6.45, 7) is 5.21. The number of rotatable bonds is 6. The molecule has 2 N–H and O–H groups in total. The van der Waals surface area contributed by atoms with Crippen LogP contribution in [-0.4, -0.2) is 36.6 Å². The molecule has 1 atom stereocenters. The van der Waals surface area contributed by atoms with Gasteiger partial charge in [-0.2, -0.15) is 0 Å². The molecule has 7 nitrogen and oxygen atoms in total. The number of nitrogens with one attached hydrogen (secondary N) is 2. The standard InChI is InChI=1S/C22H27N3O4/c1-4-19-21(26)25(13-15-6-9-18(28-3)10-7-15)14-16-12-17(8-11-20(16)29-19)24-22(27)23-5-2/h6-12,19H,4-5,13-14H2,1-3H3,(H2,23,24,27)/t19-/m0/s1. The van der Waals surface area contributed by atoms with Crippen molar-refractivity contribution in [2.24, 2.45) is 0 Å². The first-order valence-electron chi connectivity index (χ1n) is 9.80. The first kappa shape index (κ1) is 20.5. The summed E-state index contributed by atoms with van der Waals surface area (Å²) in [6.07, 6.45) is 0.0488. The average Bonchev–Trinajstić information content (AvgIpc) is 2.85. The summed E-state index contributed by atoms with van der Waals surface area (Å²) < 4.78 is 11.2. The van der Waals surface area contributed by atoms with E-state index in [9.17, 15) is 9.59 Å². The molecule has 0 saturated carbocycles. The van der Waals surface area contributed by atoms with Crippen LogP contribution in [0.3, 0.4) is 0 Å². The van der Waals surface area contributed by atoms with E-state index in [4.69, 9.17) is 9.47 Å². The fourth-order valence-corrected chi connectivity index (χ4v) is 3.27. The van der Waals surface area contributed by atoms with Crippen molar-refractivity contribution >= 4 is 17.6 Å². The van der Waals surface area contributed by atoms with Gasteiger partial charge in [0.25, 0.3) is 5.91 Å². The van der Waals surface area contributed by atoms with Crippen LogP contribution < -0.4 is 20.1 Å². The lowest BCUT2D eigenvalue weighted by atomic mass is 10.1. The number of methoxy groups -OCH3 is 1. The van der Waals surface area contributed by atoms with E-state index >= 15 is 0 Å². The third-order valence-corrected chi connectivity index (χ3v) is 4.78. The smallest absolute Gasteiger partial charge is 0.319 e. The highest BCUT2D eigenvalue weighted by Crippen LogP contribution is 2.30. The largest absolute Gasteiger partial charge is 0.497 e. The minimum atomic E-state index is -0.531. The molecule has 3 rings (SSSR count). The van der Waals surface area contributed by atoms with Gasteiger partial charge in [0.2, 0.25) is 0 Å². The molecule has 3 amide bonds. The van der Waals surface area contributed by atoms with Crippen LogP contribution >= 0.6 is 0 Å². The molecule has 0 bridgehead atoms. The van der Waals surface area contributed by atoms with E-state index in [0.29, 0.717) is 37.5 Å². The molecule has 0 spiro atoms. The summed E-state index contributed by atoms with van der Waals surface area (Å²) in [5.41, 5.74) is 2.52. The molecule has 29 heavy (non-hydrogen) atoms. The van der Waals surface area contributed by atoms with Crippen LogP contribution in [0.2, 0.25) is 0 Å². The summed E-state index contributed by atoms with van der Waals surface area (Å²) in [4.78, 5) is 26.6. The normalized spacial score (nSPS) is 15.8. The van der Waals surface area contributed by atoms with Crippen molar-refractivity contribution in [3.8, 4) is 11.5 Å². The summed E-state index contributed by atoms with van der Waals surface area (Å²) in [6, 6.07) is 12.9. The Morgan fingerprint density at radius 2 is 1.97 bits per heavy atom. The maximum atomic E-state index is 13.0. The quantitative estimate of drug-likeness (QED) is 0.781. The predicted octanol–water partition coefficient (Wildman–Crippen LogP) is 3.54. The number of amides is 3. The van der Waals surface area contributed by atoms with E-state index < -0.39 is 6.10 Å². The minimum absolute atomic E-state index is 0.0437. The number of urea groups is 1. The lowest BCUT2D eigenvalue weighted by molar-refractivity contribution is -0.139. The van der Waals surface area contributed by atoms with Crippen molar-refractivity contribution in [3.05, 3.63) is 53.6 Å². The van der Waals surface area contributed by atoms with Crippen LogP contribution in [0.15, 0.2) is 42.5 Å². The highest BCUT2D eigenvalue weighted by Gasteiger charge is 2.30. The molecular formula is C22H27N3O4. The molecule has 0 aromatic heterocycles.